The Labute approximate surface area is 97.4 Å². The number of rotatable bonds is 1. The van der Waals surface area contributed by atoms with Gasteiger partial charge in [-0.25, -0.2) is 0 Å². The summed E-state index contributed by atoms with van der Waals surface area (Å²) in [5.74, 6) is 0.844. The number of carboxylic acids is 1. The molecule has 0 heterocycles. The molecule has 5 atom stereocenters. The van der Waals surface area contributed by atoms with Crippen LogP contribution in [0.5, 0.6) is 0 Å². The summed E-state index contributed by atoms with van der Waals surface area (Å²) in [6, 6.07) is 0. The van der Waals surface area contributed by atoms with Crippen LogP contribution in [0.2, 0.25) is 0 Å². The van der Waals surface area contributed by atoms with Crippen molar-refractivity contribution in [3.8, 4) is 0 Å². The lowest BCUT2D eigenvalue weighted by Crippen LogP contribution is -2.61. The first-order valence-electron chi connectivity index (χ1n) is 6.52. The fraction of sp³-hybridized carbons (Fsp3) is 0.929. The van der Waals surface area contributed by atoms with E-state index < -0.39 is 5.97 Å². The minimum absolute atomic E-state index is 0.284. The lowest BCUT2D eigenvalue weighted by atomic mass is 9.37. The Morgan fingerprint density at radius 1 is 1.19 bits per heavy atom. The SMILES string of the molecule is C[C@H]1[C@H]2C[C@@]3(C)C[C@](C(=O)O)(C2)C[C@@]1(C)C3. The molecule has 4 fully saturated rings. The highest BCUT2D eigenvalue weighted by molar-refractivity contribution is 5.75. The van der Waals surface area contributed by atoms with Crippen molar-refractivity contribution >= 4 is 5.97 Å². The van der Waals surface area contributed by atoms with Gasteiger partial charge in [-0.1, -0.05) is 20.8 Å². The molecule has 1 N–H and O–H groups in total. The largest absolute Gasteiger partial charge is 0.481 e. The first-order chi connectivity index (χ1) is 7.29. The van der Waals surface area contributed by atoms with Crippen LogP contribution in [0.3, 0.4) is 0 Å². The Morgan fingerprint density at radius 2 is 1.88 bits per heavy atom. The van der Waals surface area contributed by atoms with Crippen LogP contribution < -0.4 is 0 Å². The molecular weight excluding hydrogens is 200 g/mol. The Hall–Kier alpha value is -0.530. The molecule has 4 saturated carbocycles. The molecule has 0 aromatic rings. The molecule has 4 bridgehead atoms. The number of carbonyl (C=O) groups is 1. The highest BCUT2D eigenvalue weighted by atomic mass is 16.4. The third-order valence-electron chi connectivity index (χ3n) is 6.01. The summed E-state index contributed by atoms with van der Waals surface area (Å²) in [6.45, 7) is 7.00. The number of hydrogen-bond acceptors (Lipinski definition) is 1. The molecule has 90 valence electrons. The van der Waals surface area contributed by atoms with Gasteiger partial charge in [-0.2, -0.15) is 0 Å². The van der Waals surface area contributed by atoms with Gasteiger partial charge >= 0.3 is 5.97 Å². The fourth-order valence-electron chi connectivity index (χ4n) is 5.73. The maximum absolute atomic E-state index is 11.6. The molecule has 0 unspecified atom stereocenters. The molecule has 0 aromatic carbocycles. The van der Waals surface area contributed by atoms with Gasteiger partial charge in [-0.15, -0.1) is 0 Å². The summed E-state index contributed by atoms with van der Waals surface area (Å²) < 4.78 is 0. The van der Waals surface area contributed by atoms with Crippen molar-refractivity contribution in [2.45, 2.75) is 52.9 Å². The molecule has 2 nitrogen and oxygen atoms in total. The zero-order valence-corrected chi connectivity index (χ0v) is 10.5. The summed E-state index contributed by atoms with van der Waals surface area (Å²) in [6.07, 6.45) is 5.29. The van der Waals surface area contributed by atoms with E-state index in [0.29, 0.717) is 17.3 Å². The molecule has 2 heteroatoms. The first kappa shape index (κ1) is 10.6. The molecule has 0 aliphatic heterocycles. The summed E-state index contributed by atoms with van der Waals surface area (Å²) in [7, 11) is 0. The van der Waals surface area contributed by atoms with E-state index in [0.717, 1.165) is 19.3 Å². The molecule has 0 amide bonds. The molecule has 0 radical (unpaired) electrons. The maximum Gasteiger partial charge on any atom is 0.309 e. The average molecular weight is 222 g/mol. The van der Waals surface area contributed by atoms with Gasteiger partial charge in [0.1, 0.15) is 0 Å². The van der Waals surface area contributed by atoms with E-state index in [-0.39, 0.29) is 10.8 Å². The van der Waals surface area contributed by atoms with E-state index in [2.05, 4.69) is 20.8 Å². The van der Waals surface area contributed by atoms with Crippen LogP contribution in [-0.4, -0.2) is 11.1 Å². The van der Waals surface area contributed by atoms with Crippen molar-refractivity contribution < 1.29 is 9.90 Å². The molecule has 0 spiro atoms. The van der Waals surface area contributed by atoms with E-state index >= 15 is 0 Å². The Kier molecular flexibility index (Phi) is 1.76. The second kappa shape index (κ2) is 2.65. The van der Waals surface area contributed by atoms with E-state index in [1.54, 1.807) is 0 Å². The van der Waals surface area contributed by atoms with Crippen LogP contribution in [0, 0.1) is 28.1 Å². The van der Waals surface area contributed by atoms with Gasteiger partial charge in [-0.3, -0.25) is 4.79 Å². The molecule has 4 aliphatic carbocycles. The summed E-state index contributed by atoms with van der Waals surface area (Å²) >= 11 is 0. The van der Waals surface area contributed by atoms with Crippen LogP contribution in [0.25, 0.3) is 0 Å². The zero-order valence-electron chi connectivity index (χ0n) is 10.5. The zero-order chi connectivity index (χ0) is 11.8. The standard InChI is InChI=1S/C14H22O2/c1-9-10-4-12(2)6-13(9,3)8-14(5-10,7-12)11(15)16/h9-10H,4-8H2,1-3H3,(H,15,16)/t9-,10-,12+,13+,14+/m0/s1. The van der Waals surface area contributed by atoms with Crippen molar-refractivity contribution in [1.29, 1.82) is 0 Å². The Bertz CT molecular complexity index is 364. The number of carboxylic acid groups (broad SMARTS) is 1. The van der Waals surface area contributed by atoms with Crippen LogP contribution in [0.1, 0.15) is 52.9 Å². The second-order valence-electron chi connectivity index (χ2n) is 7.54. The molecule has 0 saturated heterocycles. The Morgan fingerprint density at radius 3 is 2.44 bits per heavy atom. The van der Waals surface area contributed by atoms with Crippen molar-refractivity contribution in [2.24, 2.45) is 28.1 Å². The average Bonchev–Trinajstić information content (AvgIpc) is 2.10. The maximum atomic E-state index is 11.6. The number of aliphatic carboxylic acids is 1. The fourth-order valence-corrected chi connectivity index (χ4v) is 5.73. The molecular formula is C14H22O2. The minimum Gasteiger partial charge on any atom is -0.481 e. The topological polar surface area (TPSA) is 37.3 Å². The first-order valence-corrected chi connectivity index (χ1v) is 6.52. The van der Waals surface area contributed by atoms with Gasteiger partial charge in [0.15, 0.2) is 0 Å². The monoisotopic (exact) mass is 222 g/mol. The van der Waals surface area contributed by atoms with Crippen LogP contribution in [0.15, 0.2) is 0 Å². The van der Waals surface area contributed by atoms with Crippen LogP contribution >= 0.6 is 0 Å². The predicted octanol–water partition coefficient (Wildman–Crippen LogP) is 3.31. The predicted molar refractivity (Wildman–Crippen MR) is 62.0 cm³/mol. The lowest BCUT2D eigenvalue weighted by molar-refractivity contribution is -0.200. The van der Waals surface area contributed by atoms with E-state index in [1.165, 1.54) is 12.8 Å². The second-order valence-corrected chi connectivity index (χ2v) is 7.54. The van der Waals surface area contributed by atoms with Gasteiger partial charge < -0.3 is 5.11 Å². The smallest absolute Gasteiger partial charge is 0.309 e. The quantitative estimate of drug-likeness (QED) is 0.739. The van der Waals surface area contributed by atoms with E-state index in [1.807, 2.05) is 0 Å². The van der Waals surface area contributed by atoms with E-state index in [4.69, 9.17) is 0 Å². The van der Waals surface area contributed by atoms with Crippen molar-refractivity contribution in [1.82, 2.24) is 0 Å². The van der Waals surface area contributed by atoms with Crippen molar-refractivity contribution in [3.05, 3.63) is 0 Å². The number of hydrogen-bond donors (Lipinski definition) is 1. The van der Waals surface area contributed by atoms with Gasteiger partial charge in [-0.05, 0) is 54.8 Å². The Balaban J connectivity index is 2.08. The van der Waals surface area contributed by atoms with Crippen LogP contribution in [-0.2, 0) is 4.79 Å². The van der Waals surface area contributed by atoms with Crippen LogP contribution in [0.4, 0.5) is 0 Å². The van der Waals surface area contributed by atoms with E-state index in [9.17, 15) is 9.90 Å². The summed E-state index contributed by atoms with van der Waals surface area (Å²) in [5.41, 5.74) is 0.213. The normalized spacial score (nSPS) is 58.9. The van der Waals surface area contributed by atoms with Gasteiger partial charge in [0, 0.05) is 0 Å². The highest BCUT2D eigenvalue weighted by Crippen LogP contribution is 2.71. The highest BCUT2D eigenvalue weighted by Gasteiger charge is 2.65. The molecule has 4 rings (SSSR count). The molecule has 4 aliphatic rings. The van der Waals surface area contributed by atoms with Crippen molar-refractivity contribution in [3.63, 3.8) is 0 Å². The van der Waals surface area contributed by atoms with Gasteiger partial charge in [0.05, 0.1) is 5.41 Å². The van der Waals surface area contributed by atoms with Gasteiger partial charge in [0.25, 0.3) is 0 Å². The third kappa shape index (κ3) is 1.11. The lowest BCUT2D eigenvalue weighted by Gasteiger charge is -2.66. The van der Waals surface area contributed by atoms with Gasteiger partial charge in [0.2, 0.25) is 0 Å². The molecule has 16 heavy (non-hydrogen) atoms. The molecule has 0 aromatic heterocycles. The van der Waals surface area contributed by atoms with Crippen molar-refractivity contribution in [2.75, 3.05) is 0 Å². The summed E-state index contributed by atoms with van der Waals surface area (Å²) in [4.78, 5) is 11.6. The third-order valence-corrected chi connectivity index (χ3v) is 6.01. The minimum atomic E-state index is -0.527. The summed E-state index contributed by atoms with van der Waals surface area (Å²) in [5, 5.41) is 9.59.